The highest BCUT2D eigenvalue weighted by Gasteiger charge is 2.28. The van der Waals surface area contributed by atoms with Gasteiger partial charge in [-0.15, -0.1) is 0 Å². The summed E-state index contributed by atoms with van der Waals surface area (Å²) >= 11 is 0. The maximum Gasteiger partial charge on any atom is 0.253 e. The highest BCUT2D eigenvalue weighted by molar-refractivity contribution is 5.97. The van der Waals surface area contributed by atoms with Crippen LogP contribution in [0.25, 0.3) is 11.1 Å². The molecule has 156 valence electrons. The maximum absolute atomic E-state index is 14.9. The van der Waals surface area contributed by atoms with Crippen LogP contribution in [0.2, 0.25) is 0 Å². The molecule has 3 aromatic rings. The topological polar surface area (TPSA) is 98.3 Å². The fourth-order valence-corrected chi connectivity index (χ4v) is 2.95. The van der Waals surface area contributed by atoms with E-state index in [2.05, 4.69) is 26.1 Å². The van der Waals surface area contributed by atoms with Crippen LogP contribution >= 0.6 is 0 Å². The van der Waals surface area contributed by atoms with Gasteiger partial charge >= 0.3 is 0 Å². The summed E-state index contributed by atoms with van der Waals surface area (Å²) in [6.07, 6.45) is 0. The fourth-order valence-electron chi connectivity index (χ4n) is 2.95. The van der Waals surface area contributed by atoms with Crippen molar-refractivity contribution < 1.29 is 8.91 Å². The van der Waals surface area contributed by atoms with Crippen molar-refractivity contribution >= 4 is 17.8 Å². The number of aromatic nitrogens is 1. The molecule has 0 spiro atoms. The smallest absolute Gasteiger partial charge is 0.253 e. The van der Waals surface area contributed by atoms with Gasteiger partial charge in [-0.1, -0.05) is 61.5 Å². The zero-order valence-electron chi connectivity index (χ0n) is 17.4. The first kappa shape index (κ1) is 21.0. The van der Waals surface area contributed by atoms with Crippen LogP contribution in [0.5, 0.6) is 0 Å². The lowest BCUT2D eigenvalue weighted by atomic mass is 9.81. The maximum atomic E-state index is 14.9. The van der Waals surface area contributed by atoms with Gasteiger partial charge in [0.15, 0.2) is 5.96 Å². The summed E-state index contributed by atoms with van der Waals surface area (Å²) in [6.45, 7) is 3.90. The van der Waals surface area contributed by atoms with Gasteiger partial charge in [-0.05, 0) is 17.2 Å². The Balaban J connectivity index is 1.87. The van der Waals surface area contributed by atoms with Gasteiger partial charge in [0.25, 0.3) is 5.88 Å². The molecule has 0 aliphatic carbocycles. The first-order valence-electron chi connectivity index (χ1n) is 9.47. The van der Waals surface area contributed by atoms with Crippen LogP contribution in [0.1, 0.15) is 25.1 Å². The molecule has 0 atom stereocenters. The van der Waals surface area contributed by atoms with Crippen LogP contribution in [0.4, 0.5) is 10.3 Å². The number of hydrogen-bond donors (Lipinski definition) is 4. The molecule has 30 heavy (non-hydrogen) atoms. The van der Waals surface area contributed by atoms with E-state index in [0.29, 0.717) is 17.2 Å². The van der Waals surface area contributed by atoms with E-state index in [9.17, 15) is 4.39 Å². The molecule has 4 N–H and O–H groups in total. The molecule has 0 unspecified atom stereocenters. The van der Waals surface area contributed by atoms with Gasteiger partial charge < -0.3 is 15.2 Å². The van der Waals surface area contributed by atoms with Crippen molar-refractivity contribution in [3.63, 3.8) is 0 Å². The van der Waals surface area contributed by atoms with E-state index in [0.717, 1.165) is 11.1 Å². The third-order valence-electron chi connectivity index (χ3n) is 4.87. The lowest BCUT2D eigenvalue weighted by molar-refractivity contribution is 0.406. The Kier molecular flexibility index (Phi) is 6.15. The van der Waals surface area contributed by atoms with Crippen molar-refractivity contribution in [2.45, 2.75) is 19.3 Å². The number of guanidine groups is 2. The zero-order chi connectivity index (χ0) is 21.7. The third kappa shape index (κ3) is 4.48. The fraction of sp³-hybridized carbons (Fsp3) is 0.227. The van der Waals surface area contributed by atoms with Crippen molar-refractivity contribution in [3.8, 4) is 11.1 Å². The summed E-state index contributed by atoms with van der Waals surface area (Å²) < 4.78 is 20.2. The molecule has 7 nitrogen and oxygen atoms in total. The van der Waals surface area contributed by atoms with Crippen LogP contribution in [0, 0.1) is 11.2 Å². The normalized spacial score (nSPS) is 11.8. The van der Waals surface area contributed by atoms with Gasteiger partial charge in [-0.2, -0.15) is 4.99 Å². The quantitative estimate of drug-likeness (QED) is 0.389. The lowest BCUT2D eigenvalue weighted by Crippen LogP contribution is -2.43. The Bertz CT molecular complexity index is 1060. The standard InChI is InChI=1S/C22H25FN6O/c1-22(2,15-10-11-16(17(23)12-15)14-8-6-5-7-9-14)18-13-19(30-29-18)27-21(26-4)28-20(24)25-3/h5-13H,1-4H3,(H4,24,25,26,27,28). The molecule has 0 aliphatic rings. The van der Waals surface area contributed by atoms with Gasteiger partial charge in [0, 0.05) is 31.1 Å². The van der Waals surface area contributed by atoms with Crippen molar-refractivity contribution in [3.05, 3.63) is 71.7 Å². The largest absolute Gasteiger partial charge is 0.359 e. The summed E-state index contributed by atoms with van der Waals surface area (Å²) in [5.74, 6) is 0.381. The average molecular weight is 408 g/mol. The monoisotopic (exact) mass is 408 g/mol. The summed E-state index contributed by atoms with van der Waals surface area (Å²) in [5, 5.41) is 20.0. The number of nitrogens with zero attached hydrogens (tertiary/aromatic N) is 2. The van der Waals surface area contributed by atoms with Crippen LogP contribution in [0.3, 0.4) is 0 Å². The molecule has 2 aromatic carbocycles. The summed E-state index contributed by atoms with van der Waals surface area (Å²) in [4.78, 5) is 4.27. The van der Waals surface area contributed by atoms with Crippen LogP contribution < -0.4 is 16.0 Å². The molecule has 3 rings (SSSR count). The molecular formula is C22H25FN6O. The lowest BCUT2D eigenvalue weighted by Gasteiger charge is -2.23. The van der Waals surface area contributed by atoms with Crippen LogP contribution in [-0.4, -0.2) is 31.2 Å². The van der Waals surface area contributed by atoms with Crippen LogP contribution in [-0.2, 0) is 5.41 Å². The number of rotatable bonds is 4. The first-order valence-corrected chi connectivity index (χ1v) is 9.47. The average Bonchev–Trinajstić information content (AvgIpc) is 3.23. The number of aliphatic imine (C=N–C) groups is 1. The first-order chi connectivity index (χ1) is 14.3. The highest BCUT2D eigenvalue weighted by Crippen LogP contribution is 2.35. The third-order valence-corrected chi connectivity index (χ3v) is 4.87. The van der Waals surface area contributed by atoms with E-state index in [-0.39, 0.29) is 17.7 Å². The van der Waals surface area contributed by atoms with Gasteiger partial charge in [0.1, 0.15) is 5.82 Å². The van der Waals surface area contributed by atoms with E-state index in [1.165, 1.54) is 6.07 Å². The molecule has 0 bridgehead atoms. The number of hydrogen-bond acceptors (Lipinski definition) is 4. The van der Waals surface area contributed by atoms with Gasteiger partial charge in [0.2, 0.25) is 5.96 Å². The Morgan fingerprint density at radius 1 is 1.07 bits per heavy atom. The van der Waals surface area contributed by atoms with E-state index in [1.54, 1.807) is 26.2 Å². The van der Waals surface area contributed by atoms with Crippen molar-refractivity contribution in [1.29, 1.82) is 5.41 Å². The molecule has 0 fully saturated rings. The second kappa shape index (κ2) is 8.77. The zero-order valence-corrected chi connectivity index (χ0v) is 17.4. The molecule has 1 heterocycles. The van der Waals surface area contributed by atoms with Crippen LogP contribution in [0.15, 0.2) is 64.1 Å². The predicted octanol–water partition coefficient (Wildman–Crippen LogP) is 3.76. The second-order valence-corrected chi connectivity index (χ2v) is 7.20. The van der Waals surface area contributed by atoms with Crippen molar-refractivity contribution in [1.82, 2.24) is 21.1 Å². The molecule has 0 radical (unpaired) electrons. The number of benzene rings is 2. The summed E-state index contributed by atoms with van der Waals surface area (Å²) in [6, 6.07) is 16.4. The van der Waals surface area contributed by atoms with Gasteiger partial charge in [0.05, 0.1) is 5.69 Å². The van der Waals surface area contributed by atoms with E-state index >= 15 is 0 Å². The van der Waals surface area contributed by atoms with Gasteiger partial charge in [-0.25, -0.2) is 4.39 Å². The Morgan fingerprint density at radius 3 is 2.43 bits per heavy atom. The Labute approximate surface area is 174 Å². The molecule has 0 amide bonds. The molecule has 0 aliphatic heterocycles. The molecule has 8 heteroatoms. The van der Waals surface area contributed by atoms with E-state index in [4.69, 9.17) is 9.93 Å². The molecule has 1 aromatic heterocycles. The number of nitrogens with one attached hydrogen (secondary N) is 4. The van der Waals surface area contributed by atoms with Crippen molar-refractivity contribution in [2.75, 3.05) is 14.1 Å². The second-order valence-electron chi connectivity index (χ2n) is 7.20. The molecule has 0 saturated carbocycles. The number of halogens is 1. The molecule has 0 saturated heterocycles. The van der Waals surface area contributed by atoms with E-state index in [1.807, 2.05) is 50.2 Å². The van der Waals surface area contributed by atoms with E-state index < -0.39 is 5.41 Å². The van der Waals surface area contributed by atoms with Gasteiger partial charge in [-0.3, -0.25) is 10.7 Å². The summed E-state index contributed by atoms with van der Waals surface area (Å²) in [5.41, 5.74) is 2.17. The highest BCUT2D eigenvalue weighted by atomic mass is 19.1. The SMILES string of the molecule is CNC(=N)NC(=Nc1cc(C(C)(C)c2ccc(-c3ccccc3)c(F)c2)no1)NC. The Morgan fingerprint density at radius 2 is 1.80 bits per heavy atom. The molecular weight excluding hydrogens is 383 g/mol. The minimum atomic E-state index is -0.599. The minimum absolute atomic E-state index is 0.0807. The minimum Gasteiger partial charge on any atom is -0.359 e. The van der Waals surface area contributed by atoms with Crippen molar-refractivity contribution in [2.24, 2.45) is 4.99 Å². The summed E-state index contributed by atoms with van der Waals surface area (Å²) in [7, 11) is 3.30. The predicted molar refractivity (Wildman–Crippen MR) is 117 cm³/mol. The Hall–Kier alpha value is -3.68.